The number of esters is 1. The molecule has 0 aliphatic heterocycles. The van der Waals surface area contributed by atoms with Crippen LogP contribution in [0.15, 0.2) is 82.5 Å². The molecule has 7 nitrogen and oxygen atoms in total. The van der Waals surface area contributed by atoms with E-state index in [4.69, 9.17) is 13.9 Å². The highest BCUT2D eigenvalue weighted by Crippen LogP contribution is 2.13. The van der Waals surface area contributed by atoms with Crippen molar-refractivity contribution in [3.8, 4) is 11.5 Å². The SMILES string of the molecule is Cc1cccc(OCC(=O)NN=Cc2ccc(OC(=O)/C=C\c3ccco3)cc2)c1. The summed E-state index contributed by atoms with van der Waals surface area (Å²) in [7, 11) is 0. The van der Waals surface area contributed by atoms with Gasteiger partial charge in [0.15, 0.2) is 6.61 Å². The highest BCUT2D eigenvalue weighted by atomic mass is 16.5. The number of rotatable bonds is 8. The first-order valence-electron chi connectivity index (χ1n) is 9.13. The summed E-state index contributed by atoms with van der Waals surface area (Å²) in [4.78, 5) is 23.6. The second-order valence-electron chi connectivity index (χ2n) is 6.24. The fourth-order valence-corrected chi connectivity index (χ4v) is 2.37. The Kier molecular flexibility index (Phi) is 7.16. The van der Waals surface area contributed by atoms with E-state index >= 15 is 0 Å². The van der Waals surface area contributed by atoms with Gasteiger partial charge in [0.05, 0.1) is 12.5 Å². The summed E-state index contributed by atoms with van der Waals surface area (Å²) in [6, 6.07) is 17.6. The summed E-state index contributed by atoms with van der Waals surface area (Å²) >= 11 is 0. The average Bonchev–Trinajstić information content (AvgIpc) is 3.26. The molecule has 0 radical (unpaired) electrons. The lowest BCUT2D eigenvalue weighted by atomic mass is 10.2. The van der Waals surface area contributed by atoms with Crippen LogP contribution in [-0.2, 0) is 9.59 Å². The summed E-state index contributed by atoms with van der Waals surface area (Å²) in [5.74, 6) is 0.676. The van der Waals surface area contributed by atoms with Gasteiger partial charge >= 0.3 is 5.97 Å². The van der Waals surface area contributed by atoms with Crippen molar-refractivity contribution in [1.29, 1.82) is 0 Å². The number of benzene rings is 2. The van der Waals surface area contributed by atoms with Crippen molar-refractivity contribution in [1.82, 2.24) is 5.43 Å². The van der Waals surface area contributed by atoms with Crippen LogP contribution in [0.1, 0.15) is 16.9 Å². The number of nitrogens with zero attached hydrogens (tertiary/aromatic N) is 1. The molecule has 152 valence electrons. The van der Waals surface area contributed by atoms with Crippen LogP contribution in [0.25, 0.3) is 6.08 Å². The van der Waals surface area contributed by atoms with Gasteiger partial charge in [-0.15, -0.1) is 0 Å². The normalized spacial score (nSPS) is 11.0. The molecular formula is C23H20N2O5. The number of amides is 1. The van der Waals surface area contributed by atoms with Gasteiger partial charge < -0.3 is 13.9 Å². The Labute approximate surface area is 173 Å². The van der Waals surface area contributed by atoms with Crippen molar-refractivity contribution >= 4 is 24.2 Å². The third kappa shape index (κ3) is 6.79. The van der Waals surface area contributed by atoms with Crippen LogP contribution in [0.3, 0.4) is 0 Å². The number of nitrogens with one attached hydrogen (secondary N) is 1. The van der Waals surface area contributed by atoms with E-state index in [9.17, 15) is 9.59 Å². The van der Waals surface area contributed by atoms with E-state index in [0.717, 1.165) is 11.1 Å². The lowest BCUT2D eigenvalue weighted by molar-refractivity contribution is -0.129. The Bertz CT molecular complexity index is 1040. The van der Waals surface area contributed by atoms with E-state index < -0.39 is 5.97 Å². The summed E-state index contributed by atoms with van der Waals surface area (Å²) in [5, 5.41) is 3.89. The number of furan rings is 1. The molecule has 1 heterocycles. The molecule has 3 rings (SSSR count). The predicted molar refractivity (Wildman–Crippen MR) is 112 cm³/mol. The van der Waals surface area contributed by atoms with Crippen molar-refractivity contribution in [3.63, 3.8) is 0 Å². The fraction of sp³-hybridized carbons (Fsp3) is 0.0870. The van der Waals surface area contributed by atoms with Gasteiger partial charge in [-0.1, -0.05) is 12.1 Å². The fourth-order valence-electron chi connectivity index (χ4n) is 2.37. The second kappa shape index (κ2) is 10.4. The molecule has 0 atom stereocenters. The van der Waals surface area contributed by atoms with E-state index in [1.807, 2.05) is 25.1 Å². The van der Waals surface area contributed by atoms with Gasteiger partial charge in [0, 0.05) is 6.08 Å². The standard InChI is InChI=1S/C23H20N2O5/c1-17-4-2-5-21(14-17)29-16-22(26)25-24-15-18-7-9-20(10-8-18)30-23(27)12-11-19-6-3-13-28-19/h2-15H,16H2,1H3,(H,25,26)/b12-11-,24-15?. The number of hydrogen-bond acceptors (Lipinski definition) is 6. The van der Waals surface area contributed by atoms with Gasteiger partial charge in [0.2, 0.25) is 0 Å². The number of hydrazone groups is 1. The van der Waals surface area contributed by atoms with E-state index in [0.29, 0.717) is 17.3 Å². The molecule has 3 aromatic rings. The zero-order valence-electron chi connectivity index (χ0n) is 16.3. The maximum absolute atomic E-state index is 11.8. The van der Waals surface area contributed by atoms with Crippen molar-refractivity contribution in [2.24, 2.45) is 5.10 Å². The van der Waals surface area contributed by atoms with E-state index in [2.05, 4.69) is 10.5 Å². The third-order valence-electron chi connectivity index (χ3n) is 3.79. The minimum atomic E-state index is -0.520. The second-order valence-corrected chi connectivity index (χ2v) is 6.24. The van der Waals surface area contributed by atoms with E-state index in [-0.39, 0.29) is 12.5 Å². The largest absolute Gasteiger partial charge is 0.484 e. The van der Waals surface area contributed by atoms with Crippen LogP contribution < -0.4 is 14.9 Å². The van der Waals surface area contributed by atoms with Crippen molar-refractivity contribution in [2.75, 3.05) is 6.61 Å². The van der Waals surface area contributed by atoms with E-state index in [1.54, 1.807) is 42.5 Å². The smallest absolute Gasteiger partial charge is 0.336 e. The molecule has 0 bridgehead atoms. The molecule has 7 heteroatoms. The Morgan fingerprint density at radius 2 is 1.90 bits per heavy atom. The first-order valence-corrected chi connectivity index (χ1v) is 9.13. The van der Waals surface area contributed by atoms with Gasteiger partial charge in [-0.25, -0.2) is 10.2 Å². The monoisotopic (exact) mass is 404 g/mol. The molecule has 1 N–H and O–H groups in total. The highest BCUT2D eigenvalue weighted by Gasteiger charge is 2.03. The van der Waals surface area contributed by atoms with Gasteiger partial charge in [-0.05, 0) is 72.7 Å². The first kappa shape index (κ1) is 20.6. The van der Waals surface area contributed by atoms with Gasteiger partial charge in [-0.2, -0.15) is 5.10 Å². The maximum Gasteiger partial charge on any atom is 0.336 e. The van der Waals surface area contributed by atoms with Crippen molar-refractivity contribution in [3.05, 3.63) is 89.9 Å². The zero-order valence-corrected chi connectivity index (χ0v) is 16.3. The number of ether oxygens (including phenoxy) is 2. The van der Waals surface area contributed by atoms with Gasteiger partial charge in [-0.3, -0.25) is 4.79 Å². The molecule has 30 heavy (non-hydrogen) atoms. The minimum Gasteiger partial charge on any atom is -0.484 e. The van der Waals surface area contributed by atoms with E-state index in [1.165, 1.54) is 24.6 Å². The van der Waals surface area contributed by atoms with Crippen LogP contribution >= 0.6 is 0 Å². The summed E-state index contributed by atoms with van der Waals surface area (Å²) in [6.07, 6.45) is 5.80. The van der Waals surface area contributed by atoms with Gasteiger partial charge in [0.1, 0.15) is 17.3 Å². The van der Waals surface area contributed by atoms with Crippen molar-refractivity contribution in [2.45, 2.75) is 6.92 Å². The molecule has 0 aliphatic rings. The van der Waals surface area contributed by atoms with Crippen LogP contribution in [0, 0.1) is 6.92 Å². The zero-order chi connectivity index (χ0) is 21.2. The number of carbonyl (C=O) groups is 2. The van der Waals surface area contributed by atoms with Crippen LogP contribution in [0.5, 0.6) is 11.5 Å². The Morgan fingerprint density at radius 1 is 1.07 bits per heavy atom. The maximum atomic E-state index is 11.8. The lowest BCUT2D eigenvalue weighted by Crippen LogP contribution is -2.24. The molecule has 0 spiro atoms. The topological polar surface area (TPSA) is 90.1 Å². The van der Waals surface area contributed by atoms with Crippen molar-refractivity contribution < 1.29 is 23.5 Å². The molecule has 0 fully saturated rings. The molecule has 0 saturated carbocycles. The highest BCUT2D eigenvalue weighted by molar-refractivity contribution is 5.88. The van der Waals surface area contributed by atoms with Crippen LogP contribution in [0.2, 0.25) is 0 Å². The Hall–Kier alpha value is -4.13. The molecule has 0 unspecified atom stereocenters. The molecular weight excluding hydrogens is 384 g/mol. The molecule has 0 saturated heterocycles. The summed E-state index contributed by atoms with van der Waals surface area (Å²) in [5.41, 5.74) is 4.17. The van der Waals surface area contributed by atoms with Crippen LogP contribution in [-0.4, -0.2) is 24.7 Å². The molecule has 2 aromatic carbocycles. The Morgan fingerprint density at radius 3 is 2.63 bits per heavy atom. The van der Waals surface area contributed by atoms with Gasteiger partial charge in [0.25, 0.3) is 5.91 Å². The first-order chi connectivity index (χ1) is 14.6. The molecule has 1 aromatic heterocycles. The predicted octanol–water partition coefficient (Wildman–Crippen LogP) is 3.74. The van der Waals surface area contributed by atoms with Crippen LogP contribution in [0.4, 0.5) is 0 Å². The lowest BCUT2D eigenvalue weighted by Gasteiger charge is -2.05. The minimum absolute atomic E-state index is 0.138. The number of carbonyl (C=O) groups excluding carboxylic acids is 2. The summed E-state index contributed by atoms with van der Waals surface area (Å²) < 4.78 is 15.7. The molecule has 0 aliphatic carbocycles. The summed E-state index contributed by atoms with van der Waals surface area (Å²) in [6.45, 7) is 1.81. The number of hydrogen-bond donors (Lipinski definition) is 1. The molecule has 1 amide bonds. The number of aryl methyl sites for hydroxylation is 1. The quantitative estimate of drug-likeness (QED) is 0.203. The third-order valence-corrected chi connectivity index (χ3v) is 3.79. The average molecular weight is 404 g/mol. The Balaban J connectivity index is 1.42.